The Labute approximate surface area is 278 Å². The lowest BCUT2D eigenvalue weighted by atomic mass is 9.82. The highest BCUT2D eigenvalue weighted by atomic mass is 16.5. The summed E-state index contributed by atoms with van der Waals surface area (Å²) in [6.45, 7) is 2.91. The number of aliphatic hydroxyl groups is 1. The molecule has 10 heteroatoms. The minimum atomic E-state index is -1.21. The topological polar surface area (TPSA) is 110 Å². The van der Waals surface area contributed by atoms with Gasteiger partial charge in [0.05, 0.1) is 30.2 Å². The van der Waals surface area contributed by atoms with Gasteiger partial charge in [-0.2, -0.15) is 0 Å². The van der Waals surface area contributed by atoms with E-state index in [1.807, 2.05) is 108 Å². The van der Waals surface area contributed by atoms with Crippen molar-refractivity contribution < 1.29 is 24.2 Å². The number of amides is 2. The Morgan fingerprint density at radius 1 is 0.938 bits per heavy atom. The molecule has 5 aromatic rings. The molecule has 0 saturated carbocycles. The Morgan fingerprint density at radius 2 is 1.69 bits per heavy atom. The lowest BCUT2D eigenvalue weighted by Crippen LogP contribution is -2.43. The van der Waals surface area contributed by atoms with E-state index in [0.717, 1.165) is 22.4 Å². The Bertz CT molecular complexity index is 1980. The average molecular weight is 642 g/mol. The fourth-order valence-corrected chi connectivity index (χ4v) is 7.31. The van der Waals surface area contributed by atoms with Crippen molar-refractivity contribution >= 4 is 28.9 Å². The maximum Gasteiger partial charge on any atom is 0.269 e. The molecule has 48 heavy (non-hydrogen) atoms. The van der Waals surface area contributed by atoms with Gasteiger partial charge >= 0.3 is 0 Å². The number of aliphatic hydroxyl groups excluding tert-OH is 1. The van der Waals surface area contributed by atoms with Crippen molar-refractivity contribution in [3.8, 4) is 5.75 Å². The maximum atomic E-state index is 14.6. The third kappa shape index (κ3) is 5.04. The SMILES string of the molecule is C[C@H]1C[C@@H](CCn2cc([C@H](O)c3ccccc3)nn2)O[C@]12C(=O)N(Cc1ccccc1)c1ccc(N3C(=O)COc4ccccc43)cc12. The van der Waals surface area contributed by atoms with Gasteiger partial charge in [-0.1, -0.05) is 84.9 Å². The van der Waals surface area contributed by atoms with E-state index in [1.165, 1.54) is 0 Å². The number of anilines is 3. The van der Waals surface area contributed by atoms with E-state index in [0.29, 0.717) is 48.7 Å². The summed E-state index contributed by atoms with van der Waals surface area (Å²) in [6, 6.07) is 32.5. The fraction of sp³-hybridized carbons (Fsp3) is 0.263. The number of aromatic nitrogens is 3. The quantitative estimate of drug-likeness (QED) is 0.232. The molecule has 0 bridgehead atoms. The highest BCUT2D eigenvalue weighted by Gasteiger charge is 2.60. The van der Waals surface area contributed by atoms with Gasteiger partial charge in [0.1, 0.15) is 17.5 Å². The summed E-state index contributed by atoms with van der Waals surface area (Å²) in [5, 5.41) is 19.3. The summed E-state index contributed by atoms with van der Waals surface area (Å²) in [5.41, 5.74) is 3.90. The number of hydrogen-bond donors (Lipinski definition) is 1. The first-order valence-corrected chi connectivity index (χ1v) is 16.3. The Morgan fingerprint density at radius 3 is 2.50 bits per heavy atom. The van der Waals surface area contributed by atoms with E-state index in [1.54, 1.807) is 15.8 Å². The molecule has 4 heterocycles. The standard InChI is InChI=1S/C38H35N5O5/c1-25-20-29(18-19-41-23-31(39-40-41)36(45)27-12-6-3-7-13-27)48-38(25)30-21-28(43-33-14-8-9-15-34(33)47-24-35(43)44)16-17-32(30)42(37(38)46)22-26-10-4-2-5-11-26/h2-17,21,23,25,29,36,45H,18-20,22,24H2,1H3/t25-,29+,36+,38+/m0/s1. The first-order chi connectivity index (χ1) is 23.4. The van der Waals surface area contributed by atoms with Crippen LogP contribution in [0.1, 0.15) is 48.3 Å². The zero-order valence-corrected chi connectivity index (χ0v) is 26.5. The number of nitrogens with zero attached hydrogens (tertiary/aromatic N) is 5. The van der Waals surface area contributed by atoms with Crippen molar-refractivity contribution in [2.75, 3.05) is 16.4 Å². The number of carbonyl (C=O) groups excluding carboxylic acids is 2. The van der Waals surface area contributed by atoms with Gasteiger partial charge in [-0.3, -0.25) is 19.2 Å². The van der Waals surface area contributed by atoms with Crippen LogP contribution in [-0.4, -0.2) is 44.6 Å². The summed E-state index contributed by atoms with van der Waals surface area (Å²) < 4.78 is 14.3. The third-order valence-corrected chi connectivity index (χ3v) is 9.68. The van der Waals surface area contributed by atoms with Gasteiger partial charge in [0.15, 0.2) is 12.2 Å². The van der Waals surface area contributed by atoms with Crippen LogP contribution in [0.15, 0.2) is 109 Å². The maximum absolute atomic E-state index is 14.6. The van der Waals surface area contributed by atoms with Crippen molar-refractivity contribution in [1.29, 1.82) is 0 Å². The molecule has 2 amide bonds. The number of aryl methyl sites for hydroxylation is 1. The van der Waals surface area contributed by atoms with Gasteiger partial charge in [0.2, 0.25) is 0 Å². The second kappa shape index (κ2) is 12.0. The first-order valence-electron chi connectivity index (χ1n) is 16.3. The van der Waals surface area contributed by atoms with Gasteiger partial charge in [0.25, 0.3) is 11.8 Å². The molecule has 1 N–H and O–H groups in total. The van der Waals surface area contributed by atoms with Crippen molar-refractivity contribution in [3.63, 3.8) is 0 Å². The molecule has 1 spiro atoms. The average Bonchev–Trinajstić information content (AvgIpc) is 3.80. The molecule has 3 aliphatic heterocycles. The lowest BCUT2D eigenvalue weighted by molar-refractivity contribution is -0.146. The molecule has 8 rings (SSSR count). The zero-order valence-electron chi connectivity index (χ0n) is 26.5. The van der Waals surface area contributed by atoms with E-state index in [4.69, 9.17) is 9.47 Å². The molecular formula is C38H35N5O5. The molecule has 10 nitrogen and oxygen atoms in total. The van der Waals surface area contributed by atoms with Crippen LogP contribution in [-0.2, 0) is 33.0 Å². The minimum absolute atomic E-state index is 0.0698. The summed E-state index contributed by atoms with van der Waals surface area (Å²) in [6.07, 6.45) is 1.94. The van der Waals surface area contributed by atoms with Crippen LogP contribution in [0.5, 0.6) is 5.75 Å². The summed E-state index contributed by atoms with van der Waals surface area (Å²) in [5.74, 6) is 0.211. The Balaban J connectivity index is 1.10. The second-order valence-corrected chi connectivity index (χ2v) is 12.7. The van der Waals surface area contributed by atoms with E-state index in [2.05, 4.69) is 17.2 Å². The van der Waals surface area contributed by atoms with Crippen molar-refractivity contribution in [3.05, 3.63) is 132 Å². The summed E-state index contributed by atoms with van der Waals surface area (Å²) in [4.78, 5) is 31.4. The number of para-hydroxylation sites is 2. The minimum Gasteiger partial charge on any atom is -0.482 e. The molecule has 1 fully saturated rings. The molecule has 242 valence electrons. The monoisotopic (exact) mass is 641 g/mol. The van der Waals surface area contributed by atoms with Gasteiger partial charge in [-0.15, -0.1) is 5.10 Å². The van der Waals surface area contributed by atoms with Crippen LogP contribution in [0.4, 0.5) is 17.1 Å². The van der Waals surface area contributed by atoms with E-state index in [9.17, 15) is 14.7 Å². The highest BCUT2D eigenvalue weighted by molar-refractivity contribution is 6.09. The predicted molar refractivity (Wildman–Crippen MR) is 179 cm³/mol. The molecule has 4 aromatic carbocycles. The van der Waals surface area contributed by atoms with E-state index in [-0.39, 0.29) is 30.4 Å². The summed E-state index contributed by atoms with van der Waals surface area (Å²) in [7, 11) is 0. The van der Waals surface area contributed by atoms with Gasteiger partial charge in [0, 0.05) is 23.7 Å². The van der Waals surface area contributed by atoms with E-state index < -0.39 is 11.7 Å². The smallest absolute Gasteiger partial charge is 0.269 e. The number of fused-ring (bicyclic) bond motifs is 3. The van der Waals surface area contributed by atoms with Crippen LogP contribution in [0.25, 0.3) is 0 Å². The second-order valence-electron chi connectivity index (χ2n) is 12.7. The van der Waals surface area contributed by atoms with Crippen molar-refractivity contribution in [1.82, 2.24) is 15.0 Å². The molecule has 0 radical (unpaired) electrons. The van der Waals surface area contributed by atoms with Crippen molar-refractivity contribution in [2.45, 2.75) is 50.7 Å². The number of rotatable bonds is 8. The lowest BCUT2D eigenvalue weighted by Gasteiger charge is -2.31. The van der Waals surface area contributed by atoms with Crippen molar-refractivity contribution in [2.24, 2.45) is 5.92 Å². The predicted octanol–water partition coefficient (Wildman–Crippen LogP) is 5.67. The largest absolute Gasteiger partial charge is 0.482 e. The molecule has 3 aliphatic rings. The summed E-state index contributed by atoms with van der Waals surface area (Å²) >= 11 is 0. The number of ether oxygens (including phenoxy) is 2. The molecule has 4 atom stereocenters. The Hall–Kier alpha value is -5.32. The molecule has 1 aromatic heterocycles. The van der Waals surface area contributed by atoms with Crippen LogP contribution in [0.3, 0.4) is 0 Å². The van der Waals surface area contributed by atoms with Crippen LogP contribution >= 0.6 is 0 Å². The zero-order chi connectivity index (χ0) is 32.8. The van der Waals surface area contributed by atoms with Gasteiger partial charge in [-0.25, -0.2) is 0 Å². The van der Waals surface area contributed by atoms with Crippen LogP contribution in [0.2, 0.25) is 0 Å². The highest BCUT2D eigenvalue weighted by Crippen LogP contribution is 2.55. The molecular weight excluding hydrogens is 606 g/mol. The molecule has 1 saturated heterocycles. The van der Waals surface area contributed by atoms with Crippen LogP contribution < -0.4 is 14.5 Å². The van der Waals surface area contributed by atoms with Gasteiger partial charge in [-0.05, 0) is 54.3 Å². The number of benzene rings is 4. The van der Waals surface area contributed by atoms with E-state index >= 15 is 0 Å². The van der Waals surface area contributed by atoms with Crippen LogP contribution in [0, 0.1) is 5.92 Å². The van der Waals surface area contributed by atoms with Gasteiger partial charge < -0.3 is 19.5 Å². The number of hydrogen-bond acceptors (Lipinski definition) is 7. The third-order valence-electron chi connectivity index (χ3n) is 9.68. The molecule has 0 unspecified atom stereocenters. The molecule has 0 aliphatic carbocycles. The Kier molecular flexibility index (Phi) is 7.54. The fourth-order valence-electron chi connectivity index (χ4n) is 7.31. The normalized spacial score (nSPS) is 22.1. The first kappa shape index (κ1) is 30.0. The number of carbonyl (C=O) groups is 2.